The smallest absolute Gasteiger partial charge is 0.185 e. The van der Waals surface area contributed by atoms with Gasteiger partial charge in [0.15, 0.2) is 5.78 Å². The number of anilines is 1. The van der Waals surface area contributed by atoms with Crippen LogP contribution in [-0.4, -0.2) is 10.9 Å². The zero-order valence-corrected chi connectivity index (χ0v) is 16.1. The Kier molecular flexibility index (Phi) is 4.74. The molecule has 28 heavy (non-hydrogen) atoms. The number of rotatable bonds is 4. The number of ketones is 1. The first-order valence-corrected chi connectivity index (χ1v) is 9.45. The maximum atomic E-state index is 12.4. The number of phenolic OH excluding ortho intramolecular Hbond substituents is 1. The van der Waals surface area contributed by atoms with Crippen molar-refractivity contribution >= 4 is 17.5 Å². The summed E-state index contributed by atoms with van der Waals surface area (Å²) in [7, 11) is 0. The molecular weight excluding hydrogens is 346 g/mol. The molecule has 0 fully saturated rings. The maximum absolute atomic E-state index is 12.4. The van der Waals surface area contributed by atoms with Gasteiger partial charge in [-0.25, -0.2) is 0 Å². The second-order valence-electron chi connectivity index (χ2n) is 7.40. The van der Waals surface area contributed by atoms with Gasteiger partial charge in [0, 0.05) is 24.3 Å². The molecule has 3 aromatic carbocycles. The molecule has 3 nitrogen and oxygen atoms in total. The van der Waals surface area contributed by atoms with E-state index in [1.807, 2.05) is 24.3 Å². The lowest BCUT2D eigenvalue weighted by molar-refractivity contribution is 0.104. The minimum Gasteiger partial charge on any atom is -0.508 e. The molecule has 0 bridgehead atoms. The second-order valence-corrected chi connectivity index (χ2v) is 7.40. The van der Waals surface area contributed by atoms with Gasteiger partial charge in [-0.1, -0.05) is 30.3 Å². The summed E-state index contributed by atoms with van der Waals surface area (Å²) >= 11 is 0. The van der Waals surface area contributed by atoms with E-state index in [-0.39, 0.29) is 11.5 Å². The molecule has 0 atom stereocenters. The van der Waals surface area contributed by atoms with Crippen LogP contribution in [0, 0.1) is 13.8 Å². The van der Waals surface area contributed by atoms with Crippen LogP contribution in [0.15, 0.2) is 66.7 Å². The number of carbonyl (C=O) groups is 1. The number of aryl methyl sites for hydroxylation is 2. The Morgan fingerprint density at radius 3 is 2.04 bits per heavy atom. The topological polar surface area (TPSA) is 40.5 Å². The molecule has 0 unspecified atom stereocenters. The van der Waals surface area contributed by atoms with Crippen LogP contribution in [0.4, 0.5) is 5.69 Å². The first-order chi connectivity index (χ1) is 13.5. The van der Waals surface area contributed by atoms with Crippen molar-refractivity contribution in [3.63, 3.8) is 0 Å². The molecule has 3 heteroatoms. The van der Waals surface area contributed by atoms with Crippen LogP contribution in [0.25, 0.3) is 6.08 Å². The lowest BCUT2D eigenvalue weighted by atomic mass is 10.0. The van der Waals surface area contributed by atoms with Crippen LogP contribution in [0.3, 0.4) is 0 Å². The first kappa shape index (κ1) is 18.1. The SMILES string of the molecule is Cc1cc2c(cc1C)CN(c1ccc(C(=O)C=Cc3ccc(O)cc3)cc1)C2. The van der Waals surface area contributed by atoms with Gasteiger partial charge in [-0.15, -0.1) is 0 Å². The van der Waals surface area contributed by atoms with Crippen molar-refractivity contribution in [2.75, 3.05) is 4.90 Å². The van der Waals surface area contributed by atoms with Crippen molar-refractivity contribution in [1.82, 2.24) is 0 Å². The monoisotopic (exact) mass is 369 g/mol. The average molecular weight is 369 g/mol. The molecule has 1 aliphatic rings. The fraction of sp³-hybridized carbons (Fsp3) is 0.160. The van der Waals surface area contributed by atoms with Gasteiger partial charge in [0.05, 0.1) is 0 Å². The van der Waals surface area contributed by atoms with Crippen LogP contribution >= 0.6 is 0 Å². The third-order valence-electron chi connectivity index (χ3n) is 5.38. The van der Waals surface area contributed by atoms with Crippen LogP contribution in [0.1, 0.15) is 38.2 Å². The first-order valence-electron chi connectivity index (χ1n) is 9.45. The molecule has 0 aromatic heterocycles. The van der Waals surface area contributed by atoms with Crippen LogP contribution in [0.5, 0.6) is 5.75 Å². The number of benzene rings is 3. The Hall–Kier alpha value is -3.33. The van der Waals surface area contributed by atoms with E-state index in [1.165, 1.54) is 22.3 Å². The van der Waals surface area contributed by atoms with Crippen molar-refractivity contribution in [2.45, 2.75) is 26.9 Å². The van der Waals surface area contributed by atoms with E-state index in [4.69, 9.17) is 0 Å². The van der Waals surface area contributed by atoms with Gasteiger partial charge in [-0.2, -0.15) is 0 Å². The number of aromatic hydroxyl groups is 1. The highest BCUT2D eigenvalue weighted by Gasteiger charge is 2.20. The van der Waals surface area contributed by atoms with E-state index in [0.717, 1.165) is 24.3 Å². The molecule has 1 N–H and O–H groups in total. The summed E-state index contributed by atoms with van der Waals surface area (Å²) in [6, 6.07) is 19.2. The van der Waals surface area contributed by atoms with Gasteiger partial charge in [0.2, 0.25) is 0 Å². The minimum absolute atomic E-state index is 0.0319. The van der Waals surface area contributed by atoms with Crippen molar-refractivity contribution in [2.24, 2.45) is 0 Å². The van der Waals surface area contributed by atoms with Gasteiger partial charge in [0.25, 0.3) is 0 Å². The Balaban J connectivity index is 1.45. The molecule has 0 amide bonds. The third-order valence-corrected chi connectivity index (χ3v) is 5.38. The van der Waals surface area contributed by atoms with Gasteiger partial charge in [-0.3, -0.25) is 4.79 Å². The zero-order valence-electron chi connectivity index (χ0n) is 16.1. The normalized spacial score (nSPS) is 13.1. The van der Waals surface area contributed by atoms with Crippen molar-refractivity contribution in [3.8, 4) is 5.75 Å². The summed E-state index contributed by atoms with van der Waals surface area (Å²) in [6.45, 7) is 6.13. The van der Waals surface area contributed by atoms with Crippen LogP contribution in [0.2, 0.25) is 0 Å². The summed E-state index contributed by atoms with van der Waals surface area (Å²) in [5.74, 6) is 0.184. The number of carbonyl (C=O) groups excluding carboxylic acids is 1. The standard InChI is InChI=1S/C25H23NO2/c1-17-13-21-15-26(16-22(21)14-18(17)2)23-8-6-20(7-9-23)25(28)12-5-19-3-10-24(27)11-4-19/h3-14,27H,15-16H2,1-2H3. The van der Waals surface area contributed by atoms with E-state index < -0.39 is 0 Å². The Labute approximate surface area is 165 Å². The van der Waals surface area contributed by atoms with E-state index in [2.05, 4.69) is 30.9 Å². The molecule has 0 saturated heterocycles. The van der Waals surface area contributed by atoms with Gasteiger partial charge in [-0.05, 0) is 84.1 Å². The average Bonchev–Trinajstić information content (AvgIpc) is 3.10. The van der Waals surface area contributed by atoms with E-state index >= 15 is 0 Å². The second kappa shape index (κ2) is 7.35. The molecule has 0 radical (unpaired) electrons. The predicted molar refractivity (Wildman–Crippen MR) is 114 cm³/mol. The van der Waals surface area contributed by atoms with Crippen molar-refractivity contribution in [1.29, 1.82) is 0 Å². The Bertz CT molecular complexity index is 1020. The zero-order chi connectivity index (χ0) is 19.7. The summed E-state index contributed by atoms with van der Waals surface area (Å²) in [4.78, 5) is 14.8. The number of hydrogen-bond acceptors (Lipinski definition) is 3. The molecule has 1 heterocycles. The van der Waals surface area contributed by atoms with Gasteiger partial charge in [0.1, 0.15) is 5.75 Å². The number of allylic oxidation sites excluding steroid dienone is 1. The van der Waals surface area contributed by atoms with Gasteiger partial charge >= 0.3 is 0 Å². The Morgan fingerprint density at radius 2 is 1.46 bits per heavy atom. The minimum atomic E-state index is -0.0319. The van der Waals surface area contributed by atoms with E-state index in [1.54, 1.807) is 36.4 Å². The largest absolute Gasteiger partial charge is 0.508 e. The van der Waals surface area contributed by atoms with Crippen molar-refractivity contribution in [3.05, 3.63) is 100 Å². The van der Waals surface area contributed by atoms with Gasteiger partial charge < -0.3 is 10.0 Å². The number of phenols is 1. The highest BCUT2D eigenvalue weighted by molar-refractivity contribution is 6.07. The predicted octanol–water partition coefficient (Wildman–Crippen LogP) is 5.43. The fourth-order valence-corrected chi connectivity index (χ4v) is 3.57. The summed E-state index contributed by atoms with van der Waals surface area (Å²) < 4.78 is 0. The Morgan fingerprint density at radius 1 is 0.893 bits per heavy atom. The lowest BCUT2D eigenvalue weighted by Crippen LogP contribution is -2.14. The number of hydrogen-bond donors (Lipinski definition) is 1. The molecule has 0 spiro atoms. The molecule has 140 valence electrons. The highest BCUT2D eigenvalue weighted by Crippen LogP contribution is 2.30. The number of nitrogens with zero attached hydrogens (tertiary/aromatic N) is 1. The van der Waals surface area contributed by atoms with Crippen LogP contribution in [-0.2, 0) is 13.1 Å². The van der Waals surface area contributed by atoms with Crippen LogP contribution < -0.4 is 4.90 Å². The lowest BCUT2D eigenvalue weighted by Gasteiger charge is -2.17. The molecule has 4 rings (SSSR count). The third kappa shape index (κ3) is 3.70. The van der Waals surface area contributed by atoms with E-state index in [9.17, 15) is 9.90 Å². The maximum Gasteiger partial charge on any atom is 0.185 e. The summed E-state index contributed by atoms with van der Waals surface area (Å²) in [5, 5.41) is 9.32. The van der Waals surface area contributed by atoms with Crippen molar-refractivity contribution < 1.29 is 9.90 Å². The molecule has 3 aromatic rings. The highest BCUT2D eigenvalue weighted by atomic mass is 16.3. The molecule has 1 aliphatic heterocycles. The number of fused-ring (bicyclic) bond motifs is 1. The van der Waals surface area contributed by atoms with E-state index in [0.29, 0.717) is 5.56 Å². The molecule has 0 saturated carbocycles. The fourth-order valence-electron chi connectivity index (χ4n) is 3.57. The molecular formula is C25H23NO2. The quantitative estimate of drug-likeness (QED) is 0.493. The summed E-state index contributed by atoms with van der Waals surface area (Å²) in [6.07, 6.45) is 3.33. The molecule has 0 aliphatic carbocycles. The summed E-state index contributed by atoms with van der Waals surface area (Å²) in [5.41, 5.74) is 8.13.